The molecule has 0 unspecified atom stereocenters. The summed E-state index contributed by atoms with van der Waals surface area (Å²) < 4.78 is 46.5. The molecule has 0 fully saturated rings. The first-order chi connectivity index (χ1) is 13.8. The lowest BCUT2D eigenvalue weighted by molar-refractivity contribution is -0.154. The van der Waals surface area contributed by atoms with Gasteiger partial charge in [0.05, 0.1) is 13.7 Å². The highest BCUT2D eigenvalue weighted by Crippen LogP contribution is 2.20. The largest absolute Gasteiger partial charge is 0.496 e. The number of methoxy groups -OCH3 is 1. The maximum absolute atomic E-state index is 12.2. The third kappa shape index (κ3) is 7.89. The highest BCUT2D eigenvalue weighted by molar-refractivity contribution is 5.79. The summed E-state index contributed by atoms with van der Waals surface area (Å²) in [6, 6.07) is 9.00. The summed E-state index contributed by atoms with van der Waals surface area (Å²) in [6.45, 7) is 4.11. The van der Waals surface area contributed by atoms with Gasteiger partial charge in [0, 0.05) is 30.9 Å². The van der Waals surface area contributed by atoms with Crippen molar-refractivity contribution in [3.05, 3.63) is 53.2 Å². The Hall–Kier alpha value is -2.97. The van der Waals surface area contributed by atoms with Gasteiger partial charge in [0.15, 0.2) is 12.6 Å². The number of guanidine groups is 1. The lowest BCUT2D eigenvalue weighted by Gasteiger charge is -2.14. The number of benzene rings is 1. The van der Waals surface area contributed by atoms with Crippen LogP contribution in [0.25, 0.3) is 0 Å². The van der Waals surface area contributed by atoms with Crippen LogP contribution in [0.1, 0.15) is 23.6 Å². The number of aliphatic imine (C=N–C) groups is 1. The van der Waals surface area contributed by atoms with E-state index in [-0.39, 0.29) is 5.88 Å². The van der Waals surface area contributed by atoms with Crippen molar-refractivity contribution in [1.29, 1.82) is 0 Å². The van der Waals surface area contributed by atoms with Crippen molar-refractivity contribution in [2.24, 2.45) is 4.99 Å². The third-order valence-electron chi connectivity index (χ3n) is 3.83. The van der Waals surface area contributed by atoms with E-state index in [1.807, 2.05) is 32.0 Å². The summed E-state index contributed by atoms with van der Waals surface area (Å²) in [5.41, 5.74) is 2.85. The molecule has 0 atom stereocenters. The molecule has 0 aliphatic rings. The molecule has 6 nitrogen and oxygen atoms in total. The van der Waals surface area contributed by atoms with Crippen LogP contribution in [-0.4, -0.2) is 37.4 Å². The van der Waals surface area contributed by atoms with Crippen molar-refractivity contribution < 1.29 is 22.6 Å². The number of ether oxygens (including phenoxy) is 2. The second kappa shape index (κ2) is 10.5. The molecule has 158 valence electrons. The zero-order chi connectivity index (χ0) is 21.3. The van der Waals surface area contributed by atoms with Crippen LogP contribution in [0.4, 0.5) is 13.2 Å². The molecule has 9 heteroatoms. The average Bonchev–Trinajstić information content (AvgIpc) is 2.69. The van der Waals surface area contributed by atoms with E-state index >= 15 is 0 Å². The standard InChI is InChI=1S/C20H25F3N4O2/c1-4-24-19(27-12-16-7-5-14(2)9-17(16)28-3)26-11-15-6-8-18(25-10-15)29-13-20(21,22)23/h5-10H,4,11-13H2,1-3H3,(H2,24,26,27). The Labute approximate surface area is 168 Å². The molecule has 0 aliphatic carbocycles. The first-order valence-corrected chi connectivity index (χ1v) is 9.11. The summed E-state index contributed by atoms with van der Waals surface area (Å²) >= 11 is 0. The number of nitrogens with one attached hydrogen (secondary N) is 2. The highest BCUT2D eigenvalue weighted by atomic mass is 19.4. The topological polar surface area (TPSA) is 67.8 Å². The fourth-order valence-corrected chi connectivity index (χ4v) is 2.43. The van der Waals surface area contributed by atoms with Gasteiger partial charge >= 0.3 is 6.18 Å². The minimum Gasteiger partial charge on any atom is -0.496 e. The van der Waals surface area contributed by atoms with Crippen LogP contribution < -0.4 is 20.1 Å². The van der Waals surface area contributed by atoms with Gasteiger partial charge in [0.25, 0.3) is 0 Å². The Bertz CT molecular complexity index is 808. The molecule has 0 bridgehead atoms. The number of aromatic nitrogens is 1. The van der Waals surface area contributed by atoms with E-state index in [9.17, 15) is 13.2 Å². The van der Waals surface area contributed by atoms with E-state index in [2.05, 4.69) is 25.3 Å². The van der Waals surface area contributed by atoms with Gasteiger partial charge in [0.1, 0.15) is 5.75 Å². The zero-order valence-corrected chi connectivity index (χ0v) is 16.6. The monoisotopic (exact) mass is 410 g/mol. The lowest BCUT2D eigenvalue weighted by Crippen LogP contribution is -2.36. The first kappa shape index (κ1) is 22.3. The number of pyridine rings is 1. The summed E-state index contributed by atoms with van der Waals surface area (Å²) in [6.07, 6.45) is -2.95. The van der Waals surface area contributed by atoms with Crippen LogP contribution in [0.3, 0.4) is 0 Å². The van der Waals surface area contributed by atoms with Crippen molar-refractivity contribution in [2.75, 3.05) is 20.3 Å². The molecule has 1 heterocycles. The fraction of sp³-hybridized carbons (Fsp3) is 0.400. The van der Waals surface area contributed by atoms with E-state index in [0.29, 0.717) is 25.6 Å². The molecule has 2 aromatic rings. The Morgan fingerprint density at radius 3 is 2.59 bits per heavy atom. The predicted molar refractivity (Wildman–Crippen MR) is 105 cm³/mol. The molecule has 0 saturated heterocycles. The second-order valence-corrected chi connectivity index (χ2v) is 6.27. The number of nitrogens with zero attached hydrogens (tertiary/aromatic N) is 2. The van der Waals surface area contributed by atoms with Gasteiger partial charge in [-0.3, -0.25) is 0 Å². The van der Waals surface area contributed by atoms with Crippen LogP contribution >= 0.6 is 0 Å². The second-order valence-electron chi connectivity index (χ2n) is 6.27. The number of aryl methyl sites for hydroxylation is 1. The molecule has 2 N–H and O–H groups in total. The lowest BCUT2D eigenvalue weighted by atomic mass is 10.1. The normalized spacial score (nSPS) is 11.9. The van der Waals surface area contributed by atoms with Gasteiger partial charge in [-0.15, -0.1) is 0 Å². The van der Waals surface area contributed by atoms with Crippen molar-refractivity contribution >= 4 is 5.96 Å². The smallest absolute Gasteiger partial charge is 0.422 e. The molecular formula is C20H25F3N4O2. The number of alkyl halides is 3. The van der Waals surface area contributed by atoms with E-state index in [0.717, 1.165) is 22.4 Å². The van der Waals surface area contributed by atoms with Crippen molar-refractivity contribution in [3.63, 3.8) is 0 Å². The maximum Gasteiger partial charge on any atom is 0.422 e. The third-order valence-corrected chi connectivity index (χ3v) is 3.83. The van der Waals surface area contributed by atoms with E-state index in [1.165, 1.54) is 12.3 Å². The van der Waals surface area contributed by atoms with Crippen LogP contribution in [0, 0.1) is 6.92 Å². The molecule has 1 aromatic carbocycles. The van der Waals surface area contributed by atoms with Crippen molar-refractivity contribution in [2.45, 2.75) is 33.1 Å². The SMILES string of the molecule is CCNC(=NCc1ccc(OCC(F)(F)F)nc1)NCc1ccc(C)cc1OC. The summed E-state index contributed by atoms with van der Waals surface area (Å²) in [5, 5.41) is 6.39. The molecule has 0 aliphatic heterocycles. The van der Waals surface area contributed by atoms with Gasteiger partial charge in [-0.1, -0.05) is 18.2 Å². The fourth-order valence-electron chi connectivity index (χ4n) is 2.43. The molecule has 0 radical (unpaired) electrons. The van der Waals surface area contributed by atoms with Gasteiger partial charge in [-0.2, -0.15) is 13.2 Å². The van der Waals surface area contributed by atoms with Crippen LogP contribution in [-0.2, 0) is 13.1 Å². The molecule has 0 saturated carbocycles. The number of halogens is 3. The van der Waals surface area contributed by atoms with E-state index in [1.54, 1.807) is 13.2 Å². The Balaban J connectivity index is 1.96. The molecule has 2 rings (SSSR count). The summed E-state index contributed by atoms with van der Waals surface area (Å²) in [4.78, 5) is 8.36. The minimum absolute atomic E-state index is 0.0773. The van der Waals surface area contributed by atoms with Crippen molar-refractivity contribution in [1.82, 2.24) is 15.6 Å². The van der Waals surface area contributed by atoms with Gasteiger partial charge in [-0.05, 0) is 31.0 Å². The summed E-state index contributed by atoms with van der Waals surface area (Å²) in [5.74, 6) is 1.33. The average molecular weight is 410 g/mol. The number of hydrogen-bond acceptors (Lipinski definition) is 4. The highest BCUT2D eigenvalue weighted by Gasteiger charge is 2.28. The first-order valence-electron chi connectivity index (χ1n) is 9.11. The number of hydrogen-bond donors (Lipinski definition) is 2. The Morgan fingerprint density at radius 1 is 1.17 bits per heavy atom. The molecular weight excluding hydrogens is 385 g/mol. The maximum atomic E-state index is 12.2. The van der Waals surface area contributed by atoms with E-state index < -0.39 is 12.8 Å². The van der Waals surface area contributed by atoms with Gasteiger partial charge < -0.3 is 20.1 Å². The Kier molecular flexibility index (Phi) is 8.11. The Morgan fingerprint density at radius 2 is 1.97 bits per heavy atom. The summed E-state index contributed by atoms with van der Waals surface area (Å²) in [7, 11) is 1.63. The van der Waals surface area contributed by atoms with E-state index in [4.69, 9.17) is 4.74 Å². The van der Waals surface area contributed by atoms with Crippen LogP contribution in [0.5, 0.6) is 11.6 Å². The van der Waals surface area contributed by atoms with Crippen molar-refractivity contribution in [3.8, 4) is 11.6 Å². The van der Waals surface area contributed by atoms with Gasteiger partial charge in [0.2, 0.25) is 5.88 Å². The van der Waals surface area contributed by atoms with Gasteiger partial charge in [-0.25, -0.2) is 9.98 Å². The van der Waals surface area contributed by atoms with Crippen LogP contribution in [0.15, 0.2) is 41.5 Å². The molecule has 29 heavy (non-hydrogen) atoms. The molecule has 0 spiro atoms. The molecule has 1 aromatic heterocycles. The predicted octanol–water partition coefficient (Wildman–Crippen LogP) is 3.60. The number of rotatable bonds is 8. The quantitative estimate of drug-likeness (QED) is 0.514. The molecule has 0 amide bonds. The van der Waals surface area contributed by atoms with Crippen LogP contribution in [0.2, 0.25) is 0 Å². The minimum atomic E-state index is -4.39. The zero-order valence-electron chi connectivity index (χ0n) is 16.6.